The molecular formula is C30H37NO9. The van der Waals surface area contributed by atoms with Crippen LogP contribution in [0.15, 0.2) is 30.3 Å². The molecule has 216 valence electrons. The van der Waals surface area contributed by atoms with Crippen molar-refractivity contribution >= 4 is 11.9 Å². The number of methoxy groups -OCH3 is 1. The number of hydrogen-bond donors (Lipinski definition) is 3. The van der Waals surface area contributed by atoms with Crippen molar-refractivity contribution in [3.63, 3.8) is 0 Å². The maximum atomic E-state index is 14.2. The van der Waals surface area contributed by atoms with Crippen LogP contribution < -0.4 is 0 Å². The second-order valence-electron chi connectivity index (χ2n) is 13.4. The van der Waals surface area contributed by atoms with E-state index in [0.29, 0.717) is 24.9 Å². The molecule has 40 heavy (non-hydrogen) atoms. The van der Waals surface area contributed by atoms with E-state index in [1.165, 1.54) is 0 Å². The van der Waals surface area contributed by atoms with Crippen LogP contribution in [0.1, 0.15) is 49.9 Å². The number of esters is 1. The van der Waals surface area contributed by atoms with Crippen LogP contribution in [0.3, 0.4) is 0 Å². The molecule has 5 aliphatic carbocycles. The van der Waals surface area contributed by atoms with E-state index in [1.807, 2.05) is 19.9 Å². The third kappa shape index (κ3) is 2.30. The first-order valence-electron chi connectivity index (χ1n) is 14.6. The van der Waals surface area contributed by atoms with Gasteiger partial charge in [0.2, 0.25) is 5.91 Å². The Bertz CT molecular complexity index is 1290. The summed E-state index contributed by atoms with van der Waals surface area (Å²) in [5.41, 5.74) is -6.09. The lowest BCUT2D eigenvalue weighted by molar-refractivity contribution is -0.322. The van der Waals surface area contributed by atoms with E-state index in [9.17, 15) is 24.9 Å². The van der Waals surface area contributed by atoms with Crippen molar-refractivity contribution < 1.29 is 43.9 Å². The number of benzene rings is 1. The predicted octanol–water partition coefficient (Wildman–Crippen LogP) is 0.862. The molecule has 1 aromatic carbocycles. The number of aliphatic hydroxyl groups excluding tert-OH is 2. The highest BCUT2D eigenvalue weighted by Crippen LogP contribution is 2.83. The molecular weight excluding hydrogens is 518 g/mol. The van der Waals surface area contributed by atoms with Crippen molar-refractivity contribution in [2.24, 2.45) is 28.6 Å². The van der Waals surface area contributed by atoms with E-state index in [2.05, 4.69) is 0 Å². The quantitative estimate of drug-likeness (QED) is 0.463. The van der Waals surface area contributed by atoms with Gasteiger partial charge in [0.25, 0.3) is 0 Å². The van der Waals surface area contributed by atoms with Gasteiger partial charge in [0.1, 0.15) is 24.1 Å². The fourth-order valence-electron chi connectivity index (χ4n) is 11.6. The maximum absolute atomic E-state index is 14.2. The number of aliphatic hydroxyl groups is 3. The Kier molecular flexibility index (Phi) is 4.90. The molecule has 1 amide bonds. The summed E-state index contributed by atoms with van der Waals surface area (Å²) < 4.78 is 25.3. The van der Waals surface area contributed by atoms with Gasteiger partial charge in [0.05, 0.1) is 46.3 Å². The topological polar surface area (TPSA) is 135 Å². The molecule has 7 aliphatic rings. The molecule has 3 spiro atoms. The van der Waals surface area contributed by atoms with Gasteiger partial charge in [-0.1, -0.05) is 25.1 Å². The molecule has 10 heteroatoms. The molecule has 0 aromatic heterocycles. The first kappa shape index (κ1) is 25.6. The third-order valence-electron chi connectivity index (χ3n) is 12.6. The summed E-state index contributed by atoms with van der Waals surface area (Å²) in [4.78, 5) is 29.2. The summed E-state index contributed by atoms with van der Waals surface area (Å²) >= 11 is 0. The second kappa shape index (κ2) is 7.65. The molecule has 1 aromatic rings. The van der Waals surface area contributed by atoms with Crippen LogP contribution >= 0.6 is 0 Å². The van der Waals surface area contributed by atoms with E-state index < -0.39 is 81.8 Å². The summed E-state index contributed by atoms with van der Waals surface area (Å²) in [5.74, 6) is -2.62. The molecule has 2 aliphatic heterocycles. The Balaban J connectivity index is 1.36. The Hall–Kier alpha value is -2.08. The molecule has 2 heterocycles. The van der Waals surface area contributed by atoms with Crippen molar-refractivity contribution in [1.82, 2.24) is 4.90 Å². The van der Waals surface area contributed by atoms with Crippen molar-refractivity contribution in [2.45, 2.75) is 86.8 Å². The fourth-order valence-corrected chi connectivity index (χ4v) is 11.6. The highest BCUT2D eigenvalue weighted by molar-refractivity contribution is 5.89. The Morgan fingerprint density at radius 1 is 1.15 bits per heavy atom. The first-order valence-corrected chi connectivity index (χ1v) is 14.6. The lowest BCUT2D eigenvalue weighted by Crippen LogP contribution is -2.86. The van der Waals surface area contributed by atoms with Gasteiger partial charge in [-0.3, -0.25) is 4.79 Å². The zero-order valence-electron chi connectivity index (χ0n) is 23.0. The predicted molar refractivity (Wildman–Crippen MR) is 137 cm³/mol. The molecule has 0 unspecified atom stereocenters. The van der Waals surface area contributed by atoms with Gasteiger partial charge < -0.3 is 39.2 Å². The SMILES string of the molecule is CCN1C(=O)[C@]2(C)CC[C@H](OC)[C@@]34[C@H]1[C@@]1(OCO[C@@]15C[C@H](OC(=O)c1ccccc1)[C@H]1C[C@]3(O)[C@@H]5[C@H]1O)[C@@H](O)[C@@H]42. The van der Waals surface area contributed by atoms with Gasteiger partial charge in [-0.05, 0) is 38.3 Å². The van der Waals surface area contributed by atoms with Gasteiger partial charge in [0, 0.05) is 37.8 Å². The fraction of sp³-hybridized carbons (Fsp3) is 0.733. The second-order valence-corrected chi connectivity index (χ2v) is 13.4. The van der Waals surface area contributed by atoms with E-state index in [1.54, 1.807) is 36.3 Å². The standard InChI is InChI=1S/C30H37NO9/c1-4-31-24-29-18(37-3)10-11-26(2,25(31)35)21(29)22(33)30(24)28(38-14-39-30)13-17(16-12-27(29,36)20(28)19(16)32)40-23(34)15-8-6-5-7-9-15/h5-9,16-22,24,32-33,36H,4,10-14H2,1-3H3/t16-,17+,18+,19+,20+,21-,22+,24+,26-,27+,28-,29-,30+/m1/s1. The minimum Gasteiger partial charge on any atom is -0.458 e. The number of ether oxygens (including phenoxy) is 4. The average Bonchev–Trinajstić information content (AvgIpc) is 3.48. The Labute approximate surface area is 232 Å². The van der Waals surface area contributed by atoms with Gasteiger partial charge in [-0.15, -0.1) is 0 Å². The summed E-state index contributed by atoms with van der Waals surface area (Å²) in [6, 6.07) is 7.92. The number of likely N-dealkylation sites (N-methyl/N-ethyl adjacent to an activating group) is 1. The maximum Gasteiger partial charge on any atom is 0.338 e. The van der Waals surface area contributed by atoms with E-state index in [4.69, 9.17) is 18.9 Å². The van der Waals surface area contributed by atoms with Gasteiger partial charge in [-0.25, -0.2) is 4.79 Å². The van der Waals surface area contributed by atoms with Crippen molar-refractivity contribution in [3.05, 3.63) is 35.9 Å². The van der Waals surface area contributed by atoms with Crippen LogP contribution in [-0.4, -0.2) is 99.8 Å². The van der Waals surface area contributed by atoms with Gasteiger partial charge in [0.15, 0.2) is 0 Å². The normalized spacial score (nSPS) is 54.9. The lowest BCUT2D eigenvalue weighted by Gasteiger charge is -2.71. The first-order chi connectivity index (χ1) is 19.1. The monoisotopic (exact) mass is 555 g/mol. The highest BCUT2D eigenvalue weighted by atomic mass is 16.7. The summed E-state index contributed by atoms with van der Waals surface area (Å²) in [6.45, 7) is 4.00. The van der Waals surface area contributed by atoms with Crippen LogP contribution in [0, 0.1) is 28.6 Å². The van der Waals surface area contributed by atoms with Crippen LogP contribution in [0.25, 0.3) is 0 Å². The Morgan fingerprint density at radius 2 is 1.90 bits per heavy atom. The molecule has 2 saturated heterocycles. The number of piperidine rings is 1. The Morgan fingerprint density at radius 3 is 2.60 bits per heavy atom. The smallest absolute Gasteiger partial charge is 0.338 e. The van der Waals surface area contributed by atoms with Gasteiger partial charge >= 0.3 is 5.97 Å². The van der Waals surface area contributed by atoms with Crippen LogP contribution in [0.4, 0.5) is 0 Å². The van der Waals surface area contributed by atoms with Crippen molar-refractivity contribution in [1.29, 1.82) is 0 Å². The summed E-state index contributed by atoms with van der Waals surface area (Å²) in [5, 5.41) is 37.7. The average molecular weight is 556 g/mol. The number of fused-ring (bicyclic) bond motifs is 1. The number of rotatable bonds is 4. The van der Waals surface area contributed by atoms with E-state index in [0.717, 1.165) is 0 Å². The van der Waals surface area contributed by atoms with Crippen LogP contribution in [0.2, 0.25) is 0 Å². The van der Waals surface area contributed by atoms with Crippen LogP contribution in [0.5, 0.6) is 0 Å². The third-order valence-corrected chi connectivity index (χ3v) is 12.6. The molecule has 10 nitrogen and oxygen atoms in total. The van der Waals surface area contributed by atoms with Crippen molar-refractivity contribution in [3.8, 4) is 0 Å². The number of carbonyl (C=O) groups is 2. The van der Waals surface area contributed by atoms with Gasteiger partial charge in [-0.2, -0.15) is 0 Å². The molecule has 7 bridgehead atoms. The summed E-state index contributed by atoms with van der Waals surface area (Å²) in [7, 11) is 1.62. The van der Waals surface area contributed by atoms with E-state index >= 15 is 0 Å². The largest absolute Gasteiger partial charge is 0.458 e. The molecule has 3 N–H and O–H groups in total. The summed E-state index contributed by atoms with van der Waals surface area (Å²) in [6.07, 6.45) is -2.23. The number of carbonyl (C=O) groups excluding carboxylic acids is 2. The number of likely N-dealkylation sites (tertiary alicyclic amines) is 1. The lowest BCUT2D eigenvalue weighted by atomic mass is 9.41. The molecule has 0 radical (unpaired) electrons. The van der Waals surface area contributed by atoms with E-state index in [-0.39, 0.29) is 25.5 Å². The van der Waals surface area contributed by atoms with Crippen LogP contribution in [-0.2, 0) is 23.7 Å². The minimum atomic E-state index is -1.58. The number of amides is 1. The molecule has 8 rings (SSSR count). The molecule has 7 fully saturated rings. The number of nitrogens with zero attached hydrogens (tertiary/aromatic N) is 1. The zero-order chi connectivity index (χ0) is 28.0. The zero-order valence-corrected chi connectivity index (χ0v) is 23.0. The minimum absolute atomic E-state index is 0.0565. The number of hydrogen-bond acceptors (Lipinski definition) is 9. The molecule has 5 saturated carbocycles. The highest BCUT2D eigenvalue weighted by Gasteiger charge is 2.98. The van der Waals surface area contributed by atoms with Crippen molar-refractivity contribution in [2.75, 3.05) is 20.4 Å². The molecule has 13 atom stereocenters.